The lowest BCUT2D eigenvalue weighted by Gasteiger charge is -2.33. The van der Waals surface area contributed by atoms with Crippen molar-refractivity contribution in [2.24, 2.45) is 11.8 Å². The Bertz CT molecular complexity index is 1650. The lowest BCUT2D eigenvalue weighted by Crippen LogP contribution is -2.54. The Hall–Kier alpha value is -4.94. The third kappa shape index (κ3) is 17.7. The minimum Gasteiger partial charge on any atom is -0.461 e. The highest BCUT2D eigenvalue weighted by atomic mass is 16.6. The fourth-order valence-electron chi connectivity index (χ4n) is 7.83. The van der Waals surface area contributed by atoms with Crippen LogP contribution < -0.4 is 10.6 Å². The first-order valence-electron chi connectivity index (χ1n) is 22.0. The zero-order valence-electron chi connectivity index (χ0n) is 36.3. The molecule has 0 bridgehead atoms. The summed E-state index contributed by atoms with van der Waals surface area (Å²) in [6.45, 7) is 8.53. The van der Waals surface area contributed by atoms with E-state index < -0.39 is 47.9 Å². The van der Waals surface area contributed by atoms with E-state index in [4.69, 9.17) is 14.2 Å². The molecule has 1 aliphatic heterocycles. The summed E-state index contributed by atoms with van der Waals surface area (Å²) in [6.07, 6.45) is 10.5. The highest BCUT2D eigenvalue weighted by Gasteiger charge is 2.31. The number of benzene rings is 2. The van der Waals surface area contributed by atoms with E-state index in [0.29, 0.717) is 44.2 Å². The molecule has 1 heterocycles. The molecule has 0 spiro atoms. The number of nitrogens with zero attached hydrogens (tertiary/aromatic N) is 2. The SMILES string of the molecule is CCN(CC(=O)N[C@@H](CC(=O)OCc1ccccc1)C(=O)N[C@@H](CCCC1CCCCC1)C(=O)OCc1ccccc1)C(=O)CCCC1CCN(C(=O)OC(C)(C)C)CC1. The number of carbonyl (C=O) groups excluding carboxylic acids is 6. The quantitative estimate of drug-likeness (QED) is 0.0976. The molecule has 2 aromatic rings. The molecule has 4 amide bonds. The minimum absolute atomic E-state index is 0.0153. The van der Waals surface area contributed by atoms with Gasteiger partial charge in [-0.2, -0.15) is 0 Å². The highest BCUT2D eigenvalue weighted by Crippen LogP contribution is 2.28. The summed E-state index contributed by atoms with van der Waals surface area (Å²) in [5, 5.41) is 5.47. The van der Waals surface area contributed by atoms with Gasteiger partial charge in [0.1, 0.15) is 30.9 Å². The van der Waals surface area contributed by atoms with Crippen LogP contribution in [-0.2, 0) is 51.4 Å². The standard InChI is InChI=1S/C47H68N4O9/c1-5-50(42(53)26-16-24-36-27-29-51(30-28-36)46(57)60-47(2,3)4)32-41(52)48-40(31-43(54)58-33-37-19-11-7-12-20-37)44(55)49-39(25-15-23-35-17-9-6-10-18-35)45(56)59-34-38-21-13-8-14-22-38/h7-8,11-14,19-22,35-36,39-40H,5-6,9-10,15-18,23-34H2,1-4H3,(H,48,52)(H,49,55)/t39-,40-/m0/s1. The Morgan fingerprint density at radius 3 is 1.93 bits per heavy atom. The van der Waals surface area contributed by atoms with Crippen LogP contribution in [0.5, 0.6) is 0 Å². The van der Waals surface area contributed by atoms with E-state index in [-0.39, 0.29) is 44.7 Å². The molecule has 1 saturated carbocycles. The van der Waals surface area contributed by atoms with Crippen molar-refractivity contribution in [2.75, 3.05) is 26.2 Å². The molecule has 0 unspecified atom stereocenters. The van der Waals surface area contributed by atoms with Gasteiger partial charge in [-0.25, -0.2) is 9.59 Å². The van der Waals surface area contributed by atoms with Gasteiger partial charge in [0.15, 0.2) is 0 Å². The smallest absolute Gasteiger partial charge is 0.410 e. The number of hydrogen-bond acceptors (Lipinski definition) is 9. The van der Waals surface area contributed by atoms with E-state index in [1.807, 2.05) is 81.4 Å². The average Bonchev–Trinajstić information content (AvgIpc) is 3.24. The summed E-state index contributed by atoms with van der Waals surface area (Å²) in [4.78, 5) is 83.1. The molecule has 1 saturated heterocycles. The van der Waals surface area contributed by atoms with Crippen LogP contribution >= 0.6 is 0 Å². The number of ether oxygens (including phenoxy) is 3. The molecule has 1 aliphatic carbocycles. The lowest BCUT2D eigenvalue weighted by atomic mass is 9.85. The van der Waals surface area contributed by atoms with Crippen molar-refractivity contribution in [3.05, 3.63) is 71.8 Å². The topological polar surface area (TPSA) is 161 Å². The first kappa shape index (κ1) is 47.7. The van der Waals surface area contributed by atoms with Gasteiger partial charge in [0.05, 0.1) is 13.0 Å². The molecular weight excluding hydrogens is 765 g/mol. The van der Waals surface area contributed by atoms with E-state index in [2.05, 4.69) is 10.6 Å². The van der Waals surface area contributed by atoms with Crippen molar-refractivity contribution in [2.45, 2.75) is 148 Å². The predicted molar refractivity (Wildman–Crippen MR) is 228 cm³/mol. The maximum absolute atomic E-state index is 14.0. The number of esters is 2. The second-order valence-electron chi connectivity index (χ2n) is 17.3. The van der Waals surface area contributed by atoms with Crippen molar-refractivity contribution in [1.29, 1.82) is 0 Å². The normalized spacial score (nSPS) is 15.9. The molecule has 13 nitrogen and oxygen atoms in total. The molecule has 2 aliphatic rings. The van der Waals surface area contributed by atoms with Gasteiger partial charge in [-0.1, -0.05) is 106 Å². The number of hydrogen-bond donors (Lipinski definition) is 2. The van der Waals surface area contributed by atoms with Crippen LogP contribution in [0.2, 0.25) is 0 Å². The summed E-state index contributed by atoms with van der Waals surface area (Å²) in [5.74, 6) is -1.87. The number of amides is 4. The monoisotopic (exact) mass is 832 g/mol. The third-order valence-corrected chi connectivity index (χ3v) is 11.3. The van der Waals surface area contributed by atoms with Crippen molar-refractivity contribution in [1.82, 2.24) is 20.4 Å². The molecule has 2 N–H and O–H groups in total. The predicted octanol–water partition coefficient (Wildman–Crippen LogP) is 7.25. The van der Waals surface area contributed by atoms with Gasteiger partial charge in [0.2, 0.25) is 17.7 Å². The average molecular weight is 833 g/mol. The maximum atomic E-state index is 14.0. The Labute approximate surface area is 356 Å². The molecule has 13 heteroatoms. The zero-order valence-corrected chi connectivity index (χ0v) is 36.3. The van der Waals surface area contributed by atoms with Gasteiger partial charge in [-0.3, -0.25) is 19.2 Å². The van der Waals surface area contributed by atoms with Gasteiger partial charge < -0.3 is 34.6 Å². The van der Waals surface area contributed by atoms with E-state index >= 15 is 0 Å². The largest absolute Gasteiger partial charge is 0.461 e. The van der Waals surface area contributed by atoms with Gasteiger partial charge >= 0.3 is 18.0 Å². The molecule has 0 radical (unpaired) electrons. The second kappa shape index (κ2) is 25.0. The van der Waals surface area contributed by atoms with Crippen molar-refractivity contribution < 1.29 is 43.0 Å². The Kier molecular flexibility index (Phi) is 19.9. The number of piperidine rings is 1. The number of nitrogens with one attached hydrogen (secondary N) is 2. The Balaban J connectivity index is 1.35. The summed E-state index contributed by atoms with van der Waals surface area (Å²) in [7, 11) is 0. The van der Waals surface area contributed by atoms with Crippen molar-refractivity contribution in [3.63, 3.8) is 0 Å². The van der Waals surface area contributed by atoms with E-state index in [0.717, 1.165) is 49.7 Å². The van der Waals surface area contributed by atoms with E-state index in [1.165, 1.54) is 24.2 Å². The van der Waals surface area contributed by atoms with Crippen LogP contribution in [0.1, 0.15) is 129 Å². The lowest BCUT2D eigenvalue weighted by molar-refractivity contribution is -0.150. The van der Waals surface area contributed by atoms with Crippen LogP contribution in [0, 0.1) is 11.8 Å². The van der Waals surface area contributed by atoms with E-state index in [9.17, 15) is 28.8 Å². The molecule has 330 valence electrons. The maximum Gasteiger partial charge on any atom is 0.410 e. The van der Waals surface area contributed by atoms with Crippen LogP contribution in [0.4, 0.5) is 4.79 Å². The van der Waals surface area contributed by atoms with Gasteiger partial charge in [0.25, 0.3) is 0 Å². The molecule has 2 atom stereocenters. The van der Waals surface area contributed by atoms with Gasteiger partial charge in [-0.05, 0) is 82.8 Å². The summed E-state index contributed by atoms with van der Waals surface area (Å²) < 4.78 is 16.6. The molecule has 4 rings (SSSR count). The van der Waals surface area contributed by atoms with Crippen molar-refractivity contribution >= 4 is 35.8 Å². The molecule has 2 fully saturated rings. The molecule has 60 heavy (non-hydrogen) atoms. The zero-order chi connectivity index (χ0) is 43.3. The number of likely N-dealkylation sites (tertiary alicyclic amines) is 1. The highest BCUT2D eigenvalue weighted by molar-refractivity contribution is 5.94. The molecule has 2 aromatic carbocycles. The number of carbonyl (C=O) groups is 6. The van der Waals surface area contributed by atoms with Gasteiger partial charge in [0, 0.05) is 26.1 Å². The number of rotatable bonds is 21. The first-order valence-corrected chi connectivity index (χ1v) is 22.0. The summed E-state index contributed by atoms with van der Waals surface area (Å²) in [6, 6.07) is 16.0. The first-order chi connectivity index (χ1) is 28.8. The minimum atomic E-state index is -1.37. The van der Waals surface area contributed by atoms with Crippen LogP contribution in [0.3, 0.4) is 0 Å². The fourth-order valence-corrected chi connectivity index (χ4v) is 7.83. The molecular formula is C47H68N4O9. The molecule has 0 aromatic heterocycles. The number of likely N-dealkylation sites (N-methyl/N-ethyl adjacent to an activating group) is 1. The van der Waals surface area contributed by atoms with Crippen LogP contribution in [0.25, 0.3) is 0 Å². The fraction of sp³-hybridized carbons (Fsp3) is 0.617. The van der Waals surface area contributed by atoms with Crippen molar-refractivity contribution in [3.8, 4) is 0 Å². The summed E-state index contributed by atoms with van der Waals surface area (Å²) >= 11 is 0. The summed E-state index contributed by atoms with van der Waals surface area (Å²) in [5.41, 5.74) is 1.02. The Morgan fingerprint density at radius 2 is 1.33 bits per heavy atom. The van der Waals surface area contributed by atoms with Gasteiger partial charge in [-0.15, -0.1) is 0 Å². The van der Waals surface area contributed by atoms with Crippen LogP contribution in [-0.4, -0.2) is 89.4 Å². The Morgan fingerprint density at radius 1 is 0.750 bits per heavy atom. The second-order valence-corrected chi connectivity index (χ2v) is 17.3. The third-order valence-electron chi connectivity index (χ3n) is 11.3. The van der Waals surface area contributed by atoms with E-state index in [1.54, 1.807) is 11.8 Å². The van der Waals surface area contributed by atoms with Crippen LogP contribution in [0.15, 0.2) is 60.7 Å².